The predicted molar refractivity (Wildman–Crippen MR) is 85.0 cm³/mol. The summed E-state index contributed by atoms with van der Waals surface area (Å²) < 4.78 is 0. The van der Waals surface area contributed by atoms with Crippen LogP contribution in [0.5, 0.6) is 0 Å². The average molecular weight is 276 g/mol. The summed E-state index contributed by atoms with van der Waals surface area (Å²) in [6, 6.07) is 7.86. The molecule has 1 aromatic rings. The van der Waals surface area contributed by atoms with Gasteiger partial charge in [-0.2, -0.15) is 0 Å². The van der Waals surface area contributed by atoms with E-state index in [0.29, 0.717) is 10.8 Å². The van der Waals surface area contributed by atoms with E-state index in [1.165, 1.54) is 57.8 Å². The molecule has 108 valence electrons. The summed E-state index contributed by atoms with van der Waals surface area (Å²) in [4.78, 5) is 0. The van der Waals surface area contributed by atoms with Crippen molar-refractivity contribution in [1.29, 1.82) is 0 Å². The van der Waals surface area contributed by atoms with E-state index in [2.05, 4.69) is 24.6 Å². The van der Waals surface area contributed by atoms with Crippen LogP contribution in [0, 0.1) is 24.2 Å². The minimum absolute atomic E-state index is 0.651. The third kappa shape index (κ3) is 1.38. The highest BCUT2D eigenvalue weighted by Gasteiger charge is 2.64. The molecule has 0 saturated heterocycles. The molecule has 6 rings (SSSR count). The summed E-state index contributed by atoms with van der Waals surface area (Å²) >= 11 is 0. The van der Waals surface area contributed by atoms with E-state index in [4.69, 9.17) is 0 Å². The molecule has 0 bridgehead atoms. The normalized spacial score (nSPS) is 46.3. The summed E-state index contributed by atoms with van der Waals surface area (Å²) in [5.74, 6) is 3.82. The molecule has 1 aromatic carbocycles. The zero-order valence-corrected chi connectivity index (χ0v) is 12.8. The maximum absolute atomic E-state index is 2.65. The quantitative estimate of drug-likeness (QED) is 0.720. The SMILES string of the molecule is [CH]1CC[C](c2cc(C34CCC3C4)cc(C34CCC3C4)c2)C1. The molecule has 0 spiro atoms. The maximum Gasteiger partial charge on any atom is 0.00529 e. The molecule has 4 atom stereocenters. The van der Waals surface area contributed by atoms with Gasteiger partial charge in [-0.1, -0.05) is 18.2 Å². The standard InChI is InChI=1S/C21H24/c1-2-4-14(3-1)15-9-18(20-7-5-16(20)12-20)11-19(10-15)21-8-6-17(21)13-21/h1,9-11,16-17H,2-8,12-13H2. The van der Waals surface area contributed by atoms with Crippen LogP contribution >= 0.6 is 0 Å². The summed E-state index contributed by atoms with van der Waals surface area (Å²) in [7, 11) is 0. The highest BCUT2D eigenvalue weighted by atomic mass is 14.7. The Hall–Kier alpha value is -0.780. The lowest BCUT2D eigenvalue weighted by Gasteiger charge is -2.31. The van der Waals surface area contributed by atoms with Gasteiger partial charge in [-0.05, 0) is 104 Å². The lowest BCUT2D eigenvalue weighted by molar-refractivity contribution is 0.389. The molecule has 21 heavy (non-hydrogen) atoms. The van der Waals surface area contributed by atoms with Crippen molar-refractivity contribution >= 4 is 0 Å². The first kappa shape index (κ1) is 11.7. The van der Waals surface area contributed by atoms with Gasteiger partial charge in [0.1, 0.15) is 0 Å². The summed E-state index contributed by atoms with van der Waals surface area (Å²) in [6.45, 7) is 0. The molecule has 2 radical (unpaired) electrons. The van der Waals surface area contributed by atoms with E-state index >= 15 is 0 Å². The fraction of sp³-hybridized carbons (Fsp3) is 0.619. The van der Waals surface area contributed by atoms with Gasteiger partial charge in [0.15, 0.2) is 0 Å². The lowest BCUT2D eigenvalue weighted by Crippen LogP contribution is -2.23. The average Bonchev–Trinajstić information content (AvgIpc) is 3.07. The smallest absolute Gasteiger partial charge is 0.00529 e. The Balaban J connectivity index is 1.46. The van der Waals surface area contributed by atoms with E-state index < -0.39 is 0 Å². The summed E-state index contributed by atoms with van der Waals surface area (Å²) in [5, 5.41) is 0. The van der Waals surface area contributed by atoms with Gasteiger partial charge < -0.3 is 0 Å². The zero-order valence-electron chi connectivity index (χ0n) is 12.8. The highest BCUT2D eigenvalue weighted by molar-refractivity contribution is 5.51. The molecule has 5 aliphatic carbocycles. The van der Waals surface area contributed by atoms with E-state index in [0.717, 1.165) is 11.8 Å². The largest absolute Gasteiger partial charge is 0.0546 e. The minimum Gasteiger partial charge on any atom is -0.0546 e. The third-order valence-electron chi connectivity index (χ3n) is 7.87. The van der Waals surface area contributed by atoms with Crippen LogP contribution < -0.4 is 0 Å². The van der Waals surface area contributed by atoms with Crippen LogP contribution in [-0.2, 0) is 10.8 Å². The van der Waals surface area contributed by atoms with Gasteiger partial charge in [0.2, 0.25) is 0 Å². The van der Waals surface area contributed by atoms with Crippen LogP contribution in [0.2, 0.25) is 0 Å². The first-order valence-corrected chi connectivity index (χ1v) is 9.13. The van der Waals surface area contributed by atoms with Crippen LogP contribution in [0.4, 0.5) is 0 Å². The Labute approximate surface area is 128 Å². The molecule has 0 heterocycles. The van der Waals surface area contributed by atoms with Crippen molar-refractivity contribution < 1.29 is 0 Å². The first-order valence-electron chi connectivity index (χ1n) is 9.13. The van der Waals surface area contributed by atoms with Crippen LogP contribution in [-0.4, -0.2) is 0 Å². The molecule has 0 N–H and O–H groups in total. The van der Waals surface area contributed by atoms with Gasteiger partial charge in [-0.25, -0.2) is 0 Å². The van der Waals surface area contributed by atoms with Crippen molar-refractivity contribution in [2.75, 3.05) is 0 Å². The van der Waals surface area contributed by atoms with Gasteiger partial charge in [-0.15, -0.1) is 0 Å². The van der Waals surface area contributed by atoms with E-state index in [1.807, 2.05) is 0 Å². The minimum atomic E-state index is 0.651. The zero-order chi connectivity index (χ0) is 13.7. The van der Waals surface area contributed by atoms with Crippen molar-refractivity contribution in [2.24, 2.45) is 11.8 Å². The van der Waals surface area contributed by atoms with Gasteiger partial charge in [0.05, 0.1) is 0 Å². The Morgan fingerprint density at radius 3 is 1.90 bits per heavy atom. The van der Waals surface area contributed by atoms with Crippen molar-refractivity contribution in [3.05, 3.63) is 47.2 Å². The Kier molecular flexibility index (Phi) is 2.00. The molecule has 5 saturated carbocycles. The molecule has 4 unspecified atom stereocenters. The van der Waals surface area contributed by atoms with Crippen molar-refractivity contribution in [3.8, 4) is 0 Å². The molecule has 5 fully saturated rings. The molecule has 5 aliphatic rings. The number of fused-ring (bicyclic) bond motifs is 2. The third-order valence-corrected chi connectivity index (χ3v) is 7.87. The van der Waals surface area contributed by atoms with Crippen molar-refractivity contribution in [1.82, 2.24) is 0 Å². The van der Waals surface area contributed by atoms with Gasteiger partial charge >= 0.3 is 0 Å². The van der Waals surface area contributed by atoms with Gasteiger partial charge in [-0.3, -0.25) is 0 Å². The number of benzene rings is 1. The van der Waals surface area contributed by atoms with Gasteiger partial charge in [0.25, 0.3) is 0 Å². The predicted octanol–water partition coefficient (Wildman–Crippen LogP) is 5.10. The monoisotopic (exact) mass is 276 g/mol. The fourth-order valence-electron chi connectivity index (χ4n) is 5.88. The van der Waals surface area contributed by atoms with Crippen molar-refractivity contribution in [2.45, 2.75) is 68.6 Å². The Morgan fingerprint density at radius 1 is 0.857 bits per heavy atom. The van der Waals surface area contributed by atoms with Crippen LogP contribution in [0.15, 0.2) is 18.2 Å². The lowest BCUT2D eigenvalue weighted by atomic mass is 9.73. The molecular weight excluding hydrogens is 252 g/mol. The molecular formula is C21H24. The molecule has 0 aliphatic heterocycles. The number of hydrogen-bond donors (Lipinski definition) is 0. The fourth-order valence-corrected chi connectivity index (χ4v) is 5.88. The summed E-state index contributed by atoms with van der Waals surface area (Å²) in [5.41, 5.74) is 6.39. The number of rotatable bonds is 3. The van der Waals surface area contributed by atoms with E-state index in [1.54, 1.807) is 22.6 Å². The molecule has 0 nitrogen and oxygen atoms in total. The molecule has 0 aromatic heterocycles. The molecule has 0 heteroatoms. The molecule has 0 amide bonds. The van der Waals surface area contributed by atoms with Gasteiger partial charge in [0, 0.05) is 5.92 Å². The number of hydrogen-bond acceptors (Lipinski definition) is 0. The Bertz CT molecular complexity index is 571. The van der Waals surface area contributed by atoms with E-state index in [-0.39, 0.29) is 0 Å². The van der Waals surface area contributed by atoms with Crippen LogP contribution in [0.1, 0.15) is 74.5 Å². The first-order chi connectivity index (χ1) is 10.3. The highest BCUT2D eigenvalue weighted by Crippen LogP contribution is 2.71. The second-order valence-electron chi connectivity index (χ2n) is 8.63. The Morgan fingerprint density at radius 2 is 1.52 bits per heavy atom. The second-order valence-corrected chi connectivity index (χ2v) is 8.63. The maximum atomic E-state index is 2.65. The second kappa shape index (κ2) is 3.58. The van der Waals surface area contributed by atoms with Crippen molar-refractivity contribution in [3.63, 3.8) is 0 Å². The van der Waals surface area contributed by atoms with Crippen LogP contribution in [0.25, 0.3) is 0 Å². The summed E-state index contributed by atoms with van der Waals surface area (Å²) in [6.07, 6.45) is 15.3. The van der Waals surface area contributed by atoms with Crippen LogP contribution in [0.3, 0.4) is 0 Å². The topological polar surface area (TPSA) is 0 Å². The van der Waals surface area contributed by atoms with E-state index in [9.17, 15) is 0 Å².